The summed E-state index contributed by atoms with van der Waals surface area (Å²) < 4.78 is 6.93. The number of nitrogens with one attached hydrogen (secondary N) is 1. The number of benzene rings is 1. The number of nitro groups is 1. The Bertz CT molecular complexity index is 750. The van der Waals surface area contributed by atoms with Crippen molar-refractivity contribution in [2.75, 3.05) is 0 Å². The monoisotopic (exact) mass is 263 g/mol. The van der Waals surface area contributed by atoms with E-state index in [2.05, 4.69) is 15.2 Å². The van der Waals surface area contributed by atoms with Crippen molar-refractivity contribution in [2.24, 2.45) is 0 Å². The standard InChI is InChI=1S/C9H5N5O3S/c15-14(16)6-3-1-5(2-4-6)7-11-13-9(17-7)10-8(18)12-13/h1-4H,(H,12,18). The number of aromatic nitrogens is 4. The Morgan fingerprint density at radius 2 is 2.11 bits per heavy atom. The molecule has 2 heterocycles. The van der Waals surface area contributed by atoms with E-state index in [9.17, 15) is 10.1 Å². The van der Waals surface area contributed by atoms with Crippen LogP contribution in [-0.2, 0) is 0 Å². The molecule has 0 aliphatic heterocycles. The van der Waals surface area contributed by atoms with E-state index >= 15 is 0 Å². The van der Waals surface area contributed by atoms with Crippen LogP contribution in [0.1, 0.15) is 0 Å². The normalized spacial score (nSPS) is 10.9. The maximum atomic E-state index is 10.5. The molecule has 0 spiro atoms. The Hall–Kier alpha value is -2.55. The van der Waals surface area contributed by atoms with Gasteiger partial charge in [0.15, 0.2) is 0 Å². The van der Waals surface area contributed by atoms with Gasteiger partial charge in [0.25, 0.3) is 5.69 Å². The van der Waals surface area contributed by atoms with Gasteiger partial charge in [0, 0.05) is 17.7 Å². The van der Waals surface area contributed by atoms with Crippen molar-refractivity contribution in [3.8, 4) is 11.5 Å². The molecule has 0 aliphatic carbocycles. The molecular weight excluding hydrogens is 258 g/mol. The highest BCUT2D eigenvalue weighted by molar-refractivity contribution is 7.71. The summed E-state index contributed by atoms with van der Waals surface area (Å²) in [5, 5.41) is 17.3. The molecule has 3 rings (SSSR count). The van der Waals surface area contributed by atoms with E-state index < -0.39 is 4.92 Å². The third kappa shape index (κ3) is 1.66. The molecule has 0 fully saturated rings. The lowest BCUT2D eigenvalue weighted by Gasteiger charge is -1.93. The minimum Gasteiger partial charge on any atom is -0.402 e. The summed E-state index contributed by atoms with van der Waals surface area (Å²) in [6.45, 7) is 0. The lowest BCUT2D eigenvalue weighted by molar-refractivity contribution is -0.384. The highest BCUT2D eigenvalue weighted by atomic mass is 32.1. The summed E-state index contributed by atoms with van der Waals surface area (Å²) in [5.74, 6) is 0.548. The van der Waals surface area contributed by atoms with E-state index in [-0.39, 0.29) is 16.3 Å². The molecule has 9 heteroatoms. The second-order valence-electron chi connectivity index (χ2n) is 3.43. The maximum absolute atomic E-state index is 10.5. The summed E-state index contributed by atoms with van der Waals surface area (Å²) in [4.78, 5) is 13.9. The van der Waals surface area contributed by atoms with Crippen LogP contribution < -0.4 is 0 Å². The molecule has 18 heavy (non-hydrogen) atoms. The lowest BCUT2D eigenvalue weighted by atomic mass is 10.2. The van der Waals surface area contributed by atoms with Gasteiger partial charge in [0.2, 0.25) is 10.7 Å². The van der Waals surface area contributed by atoms with Gasteiger partial charge in [-0.3, -0.25) is 10.1 Å². The molecule has 1 aromatic carbocycles. The average molecular weight is 263 g/mol. The molecular formula is C9H5N5O3S. The zero-order valence-electron chi connectivity index (χ0n) is 8.73. The summed E-state index contributed by atoms with van der Waals surface area (Å²) in [6.07, 6.45) is 0. The van der Waals surface area contributed by atoms with Crippen molar-refractivity contribution in [3.05, 3.63) is 39.2 Å². The van der Waals surface area contributed by atoms with Crippen LogP contribution in [0.3, 0.4) is 0 Å². The summed E-state index contributed by atoms with van der Waals surface area (Å²) >= 11 is 4.81. The van der Waals surface area contributed by atoms with Crippen molar-refractivity contribution in [2.45, 2.75) is 0 Å². The first kappa shape index (κ1) is 10.6. The van der Waals surface area contributed by atoms with E-state index in [4.69, 9.17) is 16.6 Å². The van der Waals surface area contributed by atoms with Crippen LogP contribution in [0.2, 0.25) is 0 Å². The number of H-pyrrole nitrogens is 1. The lowest BCUT2D eigenvalue weighted by Crippen LogP contribution is -1.89. The van der Waals surface area contributed by atoms with E-state index in [1.54, 1.807) is 12.1 Å². The average Bonchev–Trinajstić information content (AvgIpc) is 2.86. The van der Waals surface area contributed by atoms with Crippen LogP contribution in [0.4, 0.5) is 5.69 Å². The maximum Gasteiger partial charge on any atom is 0.343 e. The van der Waals surface area contributed by atoms with Gasteiger partial charge < -0.3 is 4.42 Å². The molecule has 0 radical (unpaired) electrons. The SMILES string of the molecule is O=[N+]([O-])c1ccc(-c2nn3[nH]c(=S)nc3o2)cc1. The molecule has 3 aromatic rings. The summed E-state index contributed by atoms with van der Waals surface area (Å²) in [7, 11) is 0. The van der Waals surface area contributed by atoms with Crippen LogP contribution in [-0.4, -0.2) is 24.7 Å². The van der Waals surface area contributed by atoms with Crippen LogP contribution >= 0.6 is 12.2 Å². The van der Waals surface area contributed by atoms with Gasteiger partial charge in [-0.1, -0.05) is 0 Å². The topological polar surface area (TPSA) is 102 Å². The number of hydrogen-bond acceptors (Lipinski definition) is 6. The van der Waals surface area contributed by atoms with Crippen molar-refractivity contribution in [1.29, 1.82) is 0 Å². The number of nitro benzene ring substituents is 1. The fourth-order valence-corrected chi connectivity index (χ4v) is 1.64. The zero-order valence-corrected chi connectivity index (χ0v) is 9.55. The third-order valence-corrected chi connectivity index (χ3v) is 2.47. The van der Waals surface area contributed by atoms with Crippen molar-refractivity contribution in [1.82, 2.24) is 19.8 Å². The Kier molecular flexibility index (Phi) is 2.20. The smallest absolute Gasteiger partial charge is 0.343 e. The fourth-order valence-electron chi connectivity index (χ4n) is 1.47. The van der Waals surface area contributed by atoms with Crippen molar-refractivity contribution < 1.29 is 9.34 Å². The van der Waals surface area contributed by atoms with Crippen molar-refractivity contribution >= 4 is 23.7 Å². The summed E-state index contributed by atoms with van der Waals surface area (Å²) in [6, 6.07) is 5.87. The summed E-state index contributed by atoms with van der Waals surface area (Å²) in [5.41, 5.74) is 0.625. The number of fused-ring (bicyclic) bond motifs is 1. The quantitative estimate of drug-likeness (QED) is 0.430. The molecule has 0 aliphatic rings. The van der Waals surface area contributed by atoms with Gasteiger partial charge in [-0.2, -0.15) is 4.98 Å². The fraction of sp³-hybridized carbons (Fsp3) is 0. The first-order valence-corrected chi connectivity index (χ1v) is 5.25. The molecule has 1 N–H and O–H groups in total. The van der Waals surface area contributed by atoms with Gasteiger partial charge in [0.1, 0.15) is 0 Å². The molecule has 0 atom stereocenters. The van der Waals surface area contributed by atoms with Gasteiger partial charge in [-0.05, 0) is 24.4 Å². The predicted octanol–water partition coefficient (Wildman–Crippen LogP) is 1.96. The van der Waals surface area contributed by atoms with Gasteiger partial charge in [0.05, 0.1) is 4.92 Å². The van der Waals surface area contributed by atoms with Crippen LogP contribution in [0.15, 0.2) is 28.7 Å². The molecule has 0 amide bonds. The molecule has 0 unspecified atom stereocenters. The molecule has 8 nitrogen and oxygen atoms in total. The van der Waals surface area contributed by atoms with E-state index in [0.717, 1.165) is 0 Å². The first-order chi connectivity index (χ1) is 8.63. The number of rotatable bonds is 2. The Morgan fingerprint density at radius 1 is 1.39 bits per heavy atom. The van der Waals surface area contributed by atoms with Crippen LogP contribution in [0.25, 0.3) is 17.3 Å². The van der Waals surface area contributed by atoms with E-state index in [1.165, 1.54) is 16.8 Å². The van der Waals surface area contributed by atoms with Gasteiger partial charge in [-0.15, -0.1) is 9.73 Å². The minimum absolute atomic E-state index is 0.00879. The number of hydrogen-bond donors (Lipinski definition) is 1. The molecule has 0 bridgehead atoms. The largest absolute Gasteiger partial charge is 0.402 e. The molecule has 0 saturated carbocycles. The Morgan fingerprint density at radius 3 is 2.72 bits per heavy atom. The number of nitrogens with zero attached hydrogens (tertiary/aromatic N) is 4. The van der Waals surface area contributed by atoms with Crippen LogP contribution in [0.5, 0.6) is 0 Å². The Balaban J connectivity index is 2.05. The van der Waals surface area contributed by atoms with Gasteiger partial charge in [-0.25, -0.2) is 5.10 Å². The van der Waals surface area contributed by atoms with Crippen molar-refractivity contribution in [3.63, 3.8) is 0 Å². The van der Waals surface area contributed by atoms with E-state index in [0.29, 0.717) is 11.5 Å². The van der Waals surface area contributed by atoms with E-state index in [1.807, 2.05) is 0 Å². The number of non-ortho nitro benzene ring substituents is 1. The highest BCUT2D eigenvalue weighted by Gasteiger charge is 2.11. The second kappa shape index (κ2) is 3.74. The molecule has 2 aromatic heterocycles. The zero-order chi connectivity index (χ0) is 12.7. The molecule has 0 saturated heterocycles. The predicted molar refractivity (Wildman–Crippen MR) is 62.5 cm³/mol. The minimum atomic E-state index is -0.469. The van der Waals surface area contributed by atoms with Crippen LogP contribution in [0, 0.1) is 14.9 Å². The Labute approximate surface area is 104 Å². The second-order valence-corrected chi connectivity index (χ2v) is 3.82. The number of aromatic amines is 1. The third-order valence-electron chi connectivity index (χ3n) is 2.28. The highest BCUT2D eigenvalue weighted by Crippen LogP contribution is 2.21. The first-order valence-electron chi connectivity index (χ1n) is 4.84. The molecule has 90 valence electrons. The van der Waals surface area contributed by atoms with Gasteiger partial charge >= 0.3 is 5.84 Å².